The molecule has 0 bridgehead atoms. The van der Waals surface area contributed by atoms with E-state index in [-0.39, 0.29) is 17.6 Å². The first-order chi connectivity index (χ1) is 10.9. The van der Waals surface area contributed by atoms with Crippen LogP contribution in [-0.4, -0.2) is 12.1 Å². The Hall–Kier alpha value is -2.37. The normalized spacial score (nSPS) is 17.9. The van der Waals surface area contributed by atoms with E-state index in [0.717, 1.165) is 29.7 Å². The van der Waals surface area contributed by atoms with Crippen LogP contribution in [0.3, 0.4) is 0 Å². The number of halogens is 4. The molecule has 1 unspecified atom stereocenters. The Kier molecular flexibility index (Phi) is 4.07. The molecule has 0 aromatic heterocycles. The minimum atomic E-state index is -4.69. The van der Waals surface area contributed by atoms with Crippen molar-refractivity contribution in [2.75, 3.05) is 0 Å². The zero-order valence-corrected chi connectivity index (χ0v) is 12.0. The SMILES string of the molecule is Fc1ccc(C2CCC(c3ccc(OC(F)(F)F)cc3)=N2)cc1. The van der Waals surface area contributed by atoms with E-state index in [1.165, 1.54) is 24.3 Å². The van der Waals surface area contributed by atoms with Gasteiger partial charge in [0, 0.05) is 5.71 Å². The average Bonchev–Trinajstić information content (AvgIpc) is 2.97. The van der Waals surface area contributed by atoms with Crippen molar-refractivity contribution in [2.45, 2.75) is 25.2 Å². The molecular weight excluding hydrogens is 310 g/mol. The van der Waals surface area contributed by atoms with Gasteiger partial charge >= 0.3 is 6.36 Å². The van der Waals surface area contributed by atoms with Gasteiger partial charge in [-0.05, 0) is 60.4 Å². The first-order valence-corrected chi connectivity index (χ1v) is 7.09. The molecule has 6 heteroatoms. The van der Waals surface area contributed by atoms with Crippen molar-refractivity contribution >= 4 is 5.71 Å². The van der Waals surface area contributed by atoms with Gasteiger partial charge in [0.15, 0.2) is 0 Å². The largest absolute Gasteiger partial charge is 0.573 e. The number of ether oxygens (including phenoxy) is 1. The standard InChI is InChI=1S/C17H13F4NO/c18-13-5-1-11(2-6-13)15-9-10-16(22-15)12-3-7-14(8-4-12)23-17(19,20)21/h1-8,15H,9-10H2. The number of benzene rings is 2. The number of aliphatic imine (C=N–C) groups is 1. The Morgan fingerprint density at radius 2 is 1.61 bits per heavy atom. The lowest BCUT2D eigenvalue weighted by atomic mass is 10.0. The topological polar surface area (TPSA) is 21.6 Å². The van der Waals surface area contributed by atoms with Crippen LogP contribution in [0, 0.1) is 5.82 Å². The molecule has 2 aromatic rings. The number of hydrogen-bond donors (Lipinski definition) is 0. The molecule has 3 rings (SSSR count). The van der Waals surface area contributed by atoms with Crippen LogP contribution in [0.1, 0.15) is 30.0 Å². The number of nitrogens with zero attached hydrogens (tertiary/aromatic N) is 1. The molecule has 1 aliphatic rings. The summed E-state index contributed by atoms with van der Waals surface area (Å²) in [5.41, 5.74) is 2.53. The zero-order valence-electron chi connectivity index (χ0n) is 12.0. The smallest absolute Gasteiger partial charge is 0.406 e. The fourth-order valence-electron chi connectivity index (χ4n) is 2.58. The highest BCUT2D eigenvalue weighted by atomic mass is 19.4. The molecule has 0 aliphatic carbocycles. The molecule has 1 atom stereocenters. The third-order valence-electron chi connectivity index (χ3n) is 3.64. The van der Waals surface area contributed by atoms with Crippen LogP contribution in [-0.2, 0) is 0 Å². The predicted octanol–water partition coefficient (Wildman–Crippen LogP) is 5.05. The molecule has 2 nitrogen and oxygen atoms in total. The van der Waals surface area contributed by atoms with E-state index in [1.54, 1.807) is 24.3 Å². The van der Waals surface area contributed by atoms with Crippen molar-refractivity contribution < 1.29 is 22.3 Å². The van der Waals surface area contributed by atoms with Crippen molar-refractivity contribution in [3.8, 4) is 5.75 Å². The molecule has 1 heterocycles. The molecule has 0 fully saturated rings. The third kappa shape index (κ3) is 3.88. The maximum Gasteiger partial charge on any atom is 0.573 e. The van der Waals surface area contributed by atoms with E-state index in [1.807, 2.05) is 0 Å². The summed E-state index contributed by atoms with van der Waals surface area (Å²) < 4.78 is 53.2. The van der Waals surface area contributed by atoms with Crippen molar-refractivity contribution in [2.24, 2.45) is 4.99 Å². The van der Waals surface area contributed by atoms with Gasteiger partial charge < -0.3 is 4.74 Å². The van der Waals surface area contributed by atoms with Gasteiger partial charge in [0.25, 0.3) is 0 Å². The maximum atomic E-state index is 12.9. The number of rotatable bonds is 3. The lowest BCUT2D eigenvalue weighted by molar-refractivity contribution is -0.274. The molecule has 2 aromatic carbocycles. The molecule has 0 saturated carbocycles. The highest BCUT2D eigenvalue weighted by Crippen LogP contribution is 2.31. The van der Waals surface area contributed by atoms with E-state index in [9.17, 15) is 17.6 Å². The van der Waals surface area contributed by atoms with Crippen molar-refractivity contribution in [3.63, 3.8) is 0 Å². The Balaban J connectivity index is 1.74. The predicted molar refractivity (Wildman–Crippen MR) is 78.0 cm³/mol. The van der Waals surface area contributed by atoms with Crippen LogP contribution >= 0.6 is 0 Å². The average molecular weight is 323 g/mol. The number of hydrogen-bond acceptors (Lipinski definition) is 2. The minimum Gasteiger partial charge on any atom is -0.406 e. The summed E-state index contributed by atoms with van der Waals surface area (Å²) >= 11 is 0. The highest BCUT2D eigenvalue weighted by Gasteiger charge is 2.31. The summed E-state index contributed by atoms with van der Waals surface area (Å²) in [6, 6.07) is 11.8. The Morgan fingerprint density at radius 1 is 0.957 bits per heavy atom. The molecule has 23 heavy (non-hydrogen) atoms. The number of alkyl halides is 3. The van der Waals surface area contributed by atoms with Gasteiger partial charge in [-0.25, -0.2) is 4.39 Å². The summed E-state index contributed by atoms with van der Waals surface area (Å²) in [7, 11) is 0. The first kappa shape index (κ1) is 15.5. The van der Waals surface area contributed by atoms with Crippen LogP contribution < -0.4 is 4.74 Å². The Labute approximate surface area is 130 Å². The molecule has 0 spiro atoms. The molecule has 0 saturated heterocycles. The van der Waals surface area contributed by atoms with Gasteiger partial charge in [0.1, 0.15) is 11.6 Å². The van der Waals surface area contributed by atoms with E-state index < -0.39 is 6.36 Å². The van der Waals surface area contributed by atoms with E-state index >= 15 is 0 Å². The van der Waals surface area contributed by atoms with Crippen LogP contribution in [0.25, 0.3) is 0 Å². The third-order valence-corrected chi connectivity index (χ3v) is 3.64. The molecule has 120 valence electrons. The fraction of sp³-hybridized carbons (Fsp3) is 0.235. The fourth-order valence-corrected chi connectivity index (χ4v) is 2.58. The lowest BCUT2D eigenvalue weighted by Gasteiger charge is -2.09. The van der Waals surface area contributed by atoms with Crippen molar-refractivity contribution in [1.82, 2.24) is 0 Å². The quantitative estimate of drug-likeness (QED) is 0.725. The highest BCUT2D eigenvalue weighted by molar-refractivity contribution is 6.01. The second-order valence-electron chi connectivity index (χ2n) is 5.25. The van der Waals surface area contributed by atoms with E-state index in [2.05, 4.69) is 9.73 Å². The van der Waals surface area contributed by atoms with Gasteiger partial charge in [-0.1, -0.05) is 12.1 Å². The molecule has 0 radical (unpaired) electrons. The van der Waals surface area contributed by atoms with Crippen LogP contribution in [0.2, 0.25) is 0 Å². The van der Waals surface area contributed by atoms with Gasteiger partial charge in [0.2, 0.25) is 0 Å². The maximum absolute atomic E-state index is 12.9. The summed E-state index contributed by atoms with van der Waals surface area (Å²) in [6.45, 7) is 0. The molecule has 1 aliphatic heterocycles. The molecular formula is C17H13F4NO. The van der Waals surface area contributed by atoms with Crippen LogP contribution in [0.5, 0.6) is 5.75 Å². The summed E-state index contributed by atoms with van der Waals surface area (Å²) in [4.78, 5) is 4.59. The van der Waals surface area contributed by atoms with Gasteiger partial charge in [-0.2, -0.15) is 0 Å². The zero-order chi connectivity index (χ0) is 16.4. The Morgan fingerprint density at radius 3 is 2.22 bits per heavy atom. The van der Waals surface area contributed by atoms with Crippen molar-refractivity contribution in [3.05, 3.63) is 65.5 Å². The van der Waals surface area contributed by atoms with E-state index in [4.69, 9.17) is 0 Å². The van der Waals surface area contributed by atoms with Crippen LogP contribution in [0.15, 0.2) is 53.5 Å². The summed E-state index contributed by atoms with van der Waals surface area (Å²) in [5.74, 6) is -0.550. The minimum absolute atomic E-state index is 0.0447. The summed E-state index contributed by atoms with van der Waals surface area (Å²) in [5, 5.41) is 0. The van der Waals surface area contributed by atoms with Gasteiger partial charge in [-0.3, -0.25) is 4.99 Å². The van der Waals surface area contributed by atoms with Crippen molar-refractivity contribution in [1.29, 1.82) is 0 Å². The lowest BCUT2D eigenvalue weighted by Crippen LogP contribution is -2.17. The summed E-state index contributed by atoms with van der Waals surface area (Å²) in [6.07, 6.45) is -3.18. The van der Waals surface area contributed by atoms with Gasteiger partial charge in [0.05, 0.1) is 6.04 Å². The van der Waals surface area contributed by atoms with E-state index in [0.29, 0.717) is 0 Å². The molecule has 0 N–H and O–H groups in total. The second-order valence-corrected chi connectivity index (χ2v) is 5.25. The second kappa shape index (κ2) is 6.02. The van der Waals surface area contributed by atoms with Crippen LogP contribution in [0.4, 0.5) is 17.6 Å². The first-order valence-electron chi connectivity index (χ1n) is 7.09. The monoisotopic (exact) mass is 323 g/mol. The Bertz CT molecular complexity index is 705. The van der Waals surface area contributed by atoms with Gasteiger partial charge in [-0.15, -0.1) is 13.2 Å². The molecule has 0 amide bonds.